The van der Waals surface area contributed by atoms with Crippen LogP contribution in [0.4, 0.5) is 13.2 Å². The SMILES string of the molecule is CC(C)(C)CC(C)(C(=O)OCC(=O)OCC(=O)OCC(F)(F)F)C(C)(C)C. The Morgan fingerprint density at radius 3 is 1.59 bits per heavy atom. The molecule has 0 aromatic heterocycles. The van der Waals surface area contributed by atoms with E-state index in [1.807, 2.05) is 41.5 Å². The van der Waals surface area contributed by atoms with Crippen molar-refractivity contribution in [3.05, 3.63) is 0 Å². The van der Waals surface area contributed by atoms with Gasteiger partial charge in [0.2, 0.25) is 0 Å². The molecule has 0 rings (SSSR count). The van der Waals surface area contributed by atoms with Crippen LogP contribution in [0.25, 0.3) is 0 Å². The highest BCUT2D eigenvalue weighted by Crippen LogP contribution is 2.47. The van der Waals surface area contributed by atoms with Crippen molar-refractivity contribution in [1.29, 1.82) is 0 Å². The largest absolute Gasteiger partial charge is 0.454 e. The van der Waals surface area contributed by atoms with Crippen LogP contribution in [0, 0.1) is 16.2 Å². The van der Waals surface area contributed by atoms with Crippen LogP contribution < -0.4 is 0 Å². The van der Waals surface area contributed by atoms with Crippen molar-refractivity contribution in [2.45, 2.75) is 61.1 Å². The Morgan fingerprint density at radius 2 is 1.19 bits per heavy atom. The predicted octanol–water partition coefficient (Wildman–Crippen LogP) is 3.67. The van der Waals surface area contributed by atoms with Crippen LogP contribution in [0.15, 0.2) is 0 Å². The number of hydrogen-bond donors (Lipinski definition) is 0. The van der Waals surface area contributed by atoms with Gasteiger partial charge in [0.1, 0.15) is 0 Å². The first-order valence-corrected chi connectivity index (χ1v) is 8.43. The van der Waals surface area contributed by atoms with E-state index in [4.69, 9.17) is 4.74 Å². The maximum absolute atomic E-state index is 12.6. The molecule has 0 saturated carbocycles. The summed E-state index contributed by atoms with van der Waals surface area (Å²) in [6, 6.07) is 0. The third-order valence-electron chi connectivity index (χ3n) is 4.06. The molecular formula is C18H29F3O6. The number of carbonyl (C=O) groups excluding carboxylic acids is 3. The van der Waals surface area contributed by atoms with Crippen LogP contribution in [0.5, 0.6) is 0 Å². The lowest BCUT2D eigenvalue weighted by atomic mass is 9.61. The molecule has 0 aliphatic rings. The number of ether oxygens (including phenoxy) is 3. The van der Waals surface area contributed by atoms with E-state index in [2.05, 4.69) is 9.47 Å². The van der Waals surface area contributed by atoms with Gasteiger partial charge in [-0.15, -0.1) is 0 Å². The molecule has 0 aliphatic carbocycles. The van der Waals surface area contributed by atoms with Gasteiger partial charge in [0.15, 0.2) is 19.8 Å². The minimum Gasteiger partial charge on any atom is -0.454 e. The Morgan fingerprint density at radius 1 is 0.741 bits per heavy atom. The number of carbonyl (C=O) groups is 3. The van der Waals surface area contributed by atoms with Gasteiger partial charge in [0.25, 0.3) is 0 Å². The fourth-order valence-electron chi connectivity index (χ4n) is 2.37. The molecule has 1 unspecified atom stereocenters. The summed E-state index contributed by atoms with van der Waals surface area (Å²) in [5.74, 6) is -3.00. The van der Waals surface area contributed by atoms with E-state index in [0.717, 1.165) is 0 Å². The third kappa shape index (κ3) is 9.63. The summed E-state index contributed by atoms with van der Waals surface area (Å²) < 4.78 is 49.1. The van der Waals surface area contributed by atoms with Gasteiger partial charge in [0.05, 0.1) is 5.41 Å². The Balaban J connectivity index is 4.65. The van der Waals surface area contributed by atoms with Gasteiger partial charge < -0.3 is 14.2 Å². The van der Waals surface area contributed by atoms with Crippen LogP contribution in [-0.2, 0) is 28.6 Å². The summed E-state index contributed by atoms with van der Waals surface area (Å²) >= 11 is 0. The van der Waals surface area contributed by atoms with E-state index < -0.39 is 54.7 Å². The second kappa shape index (κ2) is 8.93. The summed E-state index contributed by atoms with van der Waals surface area (Å²) in [7, 11) is 0. The summed E-state index contributed by atoms with van der Waals surface area (Å²) in [6.07, 6.45) is -4.17. The molecule has 6 nitrogen and oxygen atoms in total. The molecule has 0 aromatic carbocycles. The fraction of sp³-hybridized carbons (Fsp3) is 0.833. The van der Waals surface area contributed by atoms with Crippen molar-refractivity contribution in [3.63, 3.8) is 0 Å². The minimum absolute atomic E-state index is 0.177. The zero-order valence-corrected chi connectivity index (χ0v) is 16.9. The molecular weight excluding hydrogens is 369 g/mol. The molecule has 9 heteroatoms. The fourth-order valence-corrected chi connectivity index (χ4v) is 2.37. The van der Waals surface area contributed by atoms with Crippen molar-refractivity contribution in [1.82, 2.24) is 0 Å². The van der Waals surface area contributed by atoms with Crippen LogP contribution in [-0.4, -0.2) is 43.9 Å². The lowest BCUT2D eigenvalue weighted by molar-refractivity contribution is -0.190. The lowest BCUT2D eigenvalue weighted by Crippen LogP contribution is -2.44. The topological polar surface area (TPSA) is 78.9 Å². The molecule has 1 atom stereocenters. The zero-order valence-electron chi connectivity index (χ0n) is 16.9. The zero-order chi connectivity index (χ0) is 21.7. The number of alkyl halides is 3. The molecule has 0 amide bonds. The highest BCUT2D eigenvalue weighted by atomic mass is 19.4. The smallest absolute Gasteiger partial charge is 0.422 e. The summed E-state index contributed by atoms with van der Waals surface area (Å²) in [5, 5.41) is 0. The third-order valence-corrected chi connectivity index (χ3v) is 4.06. The van der Waals surface area contributed by atoms with Crippen molar-refractivity contribution in [2.75, 3.05) is 19.8 Å². The van der Waals surface area contributed by atoms with Crippen LogP contribution in [0.2, 0.25) is 0 Å². The standard InChI is InChI=1S/C18H29F3O6/c1-15(2,3)10-17(7,16(4,5)6)14(24)26-9-12(22)25-8-13(23)27-11-18(19,20)21/h8-11H2,1-7H3. The molecule has 0 N–H and O–H groups in total. The number of rotatable bonds is 7. The van der Waals surface area contributed by atoms with Gasteiger partial charge in [-0.05, 0) is 24.2 Å². The highest BCUT2D eigenvalue weighted by Gasteiger charge is 2.47. The van der Waals surface area contributed by atoms with E-state index in [9.17, 15) is 27.6 Å². The number of halogens is 3. The van der Waals surface area contributed by atoms with Crippen molar-refractivity contribution in [2.24, 2.45) is 16.2 Å². The van der Waals surface area contributed by atoms with Crippen molar-refractivity contribution < 1.29 is 41.8 Å². The first kappa shape index (κ1) is 25.2. The van der Waals surface area contributed by atoms with Crippen LogP contribution in [0.1, 0.15) is 54.9 Å². The Hall–Kier alpha value is -1.80. The van der Waals surface area contributed by atoms with Crippen molar-refractivity contribution in [3.8, 4) is 0 Å². The van der Waals surface area contributed by atoms with Gasteiger partial charge in [-0.3, -0.25) is 4.79 Å². The van der Waals surface area contributed by atoms with Gasteiger partial charge >= 0.3 is 24.1 Å². The Labute approximate surface area is 157 Å². The molecule has 0 spiro atoms. The number of hydrogen-bond acceptors (Lipinski definition) is 6. The van der Waals surface area contributed by atoms with E-state index in [1.165, 1.54) is 0 Å². The van der Waals surface area contributed by atoms with E-state index in [-0.39, 0.29) is 5.41 Å². The molecule has 0 radical (unpaired) electrons. The minimum atomic E-state index is -4.67. The van der Waals surface area contributed by atoms with Crippen LogP contribution in [0.3, 0.4) is 0 Å². The Kier molecular flexibility index (Phi) is 8.33. The monoisotopic (exact) mass is 398 g/mol. The van der Waals surface area contributed by atoms with Gasteiger partial charge in [-0.1, -0.05) is 41.5 Å². The van der Waals surface area contributed by atoms with Crippen molar-refractivity contribution >= 4 is 17.9 Å². The summed E-state index contributed by atoms with van der Waals surface area (Å²) in [4.78, 5) is 35.3. The molecule has 0 bridgehead atoms. The van der Waals surface area contributed by atoms with Gasteiger partial charge in [-0.2, -0.15) is 13.2 Å². The summed E-state index contributed by atoms with van der Waals surface area (Å²) in [6.45, 7) is 9.82. The average molecular weight is 398 g/mol. The maximum Gasteiger partial charge on any atom is 0.422 e. The predicted molar refractivity (Wildman–Crippen MR) is 90.6 cm³/mol. The Bertz CT molecular complexity index is 543. The maximum atomic E-state index is 12.6. The van der Waals surface area contributed by atoms with E-state index in [1.54, 1.807) is 6.92 Å². The normalized spacial score (nSPS) is 14.9. The molecule has 0 fully saturated rings. The quantitative estimate of drug-likeness (QED) is 0.481. The highest BCUT2D eigenvalue weighted by molar-refractivity contribution is 5.82. The summed E-state index contributed by atoms with van der Waals surface area (Å²) in [5.41, 5.74) is -1.52. The average Bonchev–Trinajstić information content (AvgIpc) is 2.44. The van der Waals surface area contributed by atoms with Gasteiger partial charge in [-0.25, -0.2) is 9.59 Å². The number of esters is 3. The first-order valence-electron chi connectivity index (χ1n) is 8.43. The van der Waals surface area contributed by atoms with Crippen LogP contribution >= 0.6 is 0 Å². The molecule has 0 heterocycles. The van der Waals surface area contributed by atoms with E-state index in [0.29, 0.717) is 6.42 Å². The molecule has 0 aromatic rings. The molecule has 0 aliphatic heterocycles. The molecule has 27 heavy (non-hydrogen) atoms. The van der Waals surface area contributed by atoms with Gasteiger partial charge in [0, 0.05) is 0 Å². The lowest BCUT2D eigenvalue weighted by Gasteiger charge is -2.43. The molecule has 158 valence electrons. The second-order valence-electron chi connectivity index (χ2n) is 8.83. The first-order chi connectivity index (χ1) is 11.9. The van der Waals surface area contributed by atoms with E-state index >= 15 is 0 Å². The molecule has 0 saturated heterocycles. The second-order valence-corrected chi connectivity index (χ2v) is 8.83.